The Morgan fingerprint density at radius 3 is 2.00 bits per heavy atom. The summed E-state index contributed by atoms with van der Waals surface area (Å²) in [6, 6.07) is 24.8. The molecular formula is C26H28N2. The predicted octanol–water partition coefficient (Wildman–Crippen LogP) is 6.50. The molecule has 1 saturated heterocycles. The molecule has 0 radical (unpaired) electrons. The molecule has 1 aliphatic heterocycles. The molecule has 0 unspecified atom stereocenters. The van der Waals surface area contributed by atoms with Crippen LogP contribution < -0.4 is 0 Å². The lowest BCUT2D eigenvalue weighted by Crippen LogP contribution is -2.18. The third-order valence-electron chi connectivity index (χ3n) is 6.11. The van der Waals surface area contributed by atoms with Crippen molar-refractivity contribution in [3.63, 3.8) is 0 Å². The van der Waals surface area contributed by atoms with Crippen LogP contribution in [0.4, 0.5) is 0 Å². The maximum Gasteiger partial charge on any atom is 0.0541 e. The van der Waals surface area contributed by atoms with Crippen molar-refractivity contribution in [1.29, 1.82) is 0 Å². The van der Waals surface area contributed by atoms with Gasteiger partial charge in [-0.25, -0.2) is 0 Å². The molecule has 4 aromatic rings. The molecule has 2 heterocycles. The predicted molar refractivity (Wildman–Crippen MR) is 119 cm³/mol. The number of fused-ring (bicyclic) bond motifs is 3. The fourth-order valence-corrected chi connectivity index (χ4v) is 4.65. The molecule has 1 aliphatic rings. The van der Waals surface area contributed by atoms with Gasteiger partial charge in [0, 0.05) is 23.0 Å². The van der Waals surface area contributed by atoms with E-state index in [9.17, 15) is 0 Å². The summed E-state index contributed by atoms with van der Waals surface area (Å²) in [4.78, 5) is 2.59. The fourth-order valence-electron chi connectivity index (χ4n) is 4.65. The quantitative estimate of drug-likeness (QED) is 0.399. The lowest BCUT2D eigenvalue weighted by molar-refractivity contribution is 0.331. The van der Waals surface area contributed by atoms with Crippen molar-refractivity contribution in [2.45, 2.75) is 39.2 Å². The van der Waals surface area contributed by atoms with Crippen molar-refractivity contribution in [1.82, 2.24) is 9.47 Å². The van der Waals surface area contributed by atoms with E-state index in [1.54, 1.807) is 0 Å². The second-order valence-electron chi connectivity index (χ2n) is 8.44. The van der Waals surface area contributed by atoms with Crippen molar-refractivity contribution in [3.05, 3.63) is 77.9 Å². The Bertz CT molecular complexity index is 1080. The molecule has 1 aromatic heterocycles. The third-order valence-corrected chi connectivity index (χ3v) is 6.11. The van der Waals surface area contributed by atoms with Crippen molar-refractivity contribution in [2.75, 3.05) is 13.1 Å². The maximum absolute atomic E-state index is 2.59. The molecule has 0 saturated carbocycles. The van der Waals surface area contributed by atoms with Crippen LogP contribution >= 0.6 is 0 Å². The number of para-hydroxylation sites is 2. The number of aromatic nitrogens is 1. The number of hydrogen-bond donors (Lipinski definition) is 0. The van der Waals surface area contributed by atoms with Gasteiger partial charge in [-0.2, -0.15) is 0 Å². The molecule has 2 nitrogen and oxygen atoms in total. The minimum Gasteiger partial charge on any atom is -0.309 e. The highest BCUT2D eigenvalue weighted by atomic mass is 15.1. The number of likely N-dealkylation sites (tertiary alicyclic amines) is 1. The van der Waals surface area contributed by atoms with Crippen LogP contribution in [0.2, 0.25) is 0 Å². The summed E-state index contributed by atoms with van der Waals surface area (Å²) >= 11 is 0. The molecule has 0 atom stereocenters. The van der Waals surface area contributed by atoms with E-state index in [1.807, 2.05) is 0 Å². The minimum absolute atomic E-state index is 0.519. The van der Waals surface area contributed by atoms with E-state index in [1.165, 1.54) is 64.6 Å². The summed E-state index contributed by atoms with van der Waals surface area (Å²) < 4.78 is 2.45. The van der Waals surface area contributed by atoms with Crippen molar-refractivity contribution in [3.8, 4) is 5.69 Å². The molecule has 28 heavy (non-hydrogen) atoms. The molecule has 0 amide bonds. The first kappa shape index (κ1) is 17.5. The molecule has 1 fully saturated rings. The number of rotatable bonds is 4. The Kier molecular flexibility index (Phi) is 4.44. The first-order valence-corrected chi connectivity index (χ1v) is 10.6. The average Bonchev–Trinajstić information content (AvgIpc) is 3.33. The molecule has 3 aromatic carbocycles. The van der Waals surface area contributed by atoms with Crippen LogP contribution in [0.25, 0.3) is 27.5 Å². The van der Waals surface area contributed by atoms with Gasteiger partial charge in [0.1, 0.15) is 0 Å². The van der Waals surface area contributed by atoms with E-state index in [0.29, 0.717) is 5.92 Å². The first-order valence-electron chi connectivity index (χ1n) is 10.6. The molecule has 0 N–H and O–H groups in total. The zero-order valence-electron chi connectivity index (χ0n) is 16.9. The summed E-state index contributed by atoms with van der Waals surface area (Å²) in [6.45, 7) is 8.12. The van der Waals surface area contributed by atoms with Crippen LogP contribution in [0.15, 0.2) is 66.7 Å². The van der Waals surface area contributed by atoms with Crippen LogP contribution in [0, 0.1) is 0 Å². The van der Waals surface area contributed by atoms with E-state index in [2.05, 4.69) is 90.0 Å². The van der Waals surface area contributed by atoms with Gasteiger partial charge in [0.05, 0.1) is 11.0 Å². The highest BCUT2D eigenvalue weighted by Gasteiger charge is 2.16. The fraction of sp³-hybridized carbons (Fsp3) is 0.308. The van der Waals surface area contributed by atoms with Gasteiger partial charge in [-0.1, -0.05) is 56.3 Å². The molecule has 0 spiro atoms. The Morgan fingerprint density at radius 1 is 0.786 bits per heavy atom. The Morgan fingerprint density at radius 2 is 1.39 bits per heavy atom. The monoisotopic (exact) mass is 368 g/mol. The third kappa shape index (κ3) is 3.02. The SMILES string of the molecule is CC(C)c1cc(CN2CCCC2)cc(-n2c3ccccc3c3ccccc32)c1. The van der Waals surface area contributed by atoms with E-state index in [-0.39, 0.29) is 0 Å². The Balaban J connectivity index is 1.72. The van der Waals surface area contributed by atoms with Gasteiger partial charge < -0.3 is 4.57 Å². The van der Waals surface area contributed by atoms with Crippen LogP contribution in [0.3, 0.4) is 0 Å². The Labute approximate surface area is 167 Å². The number of hydrogen-bond acceptors (Lipinski definition) is 1. The molecular weight excluding hydrogens is 340 g/mol. The van der Waals surface area contributed by atoms with E-state index in [4.69, 9.17) is 0 Å². The first-order chi connectivity index (χ1) is 13.7. The Hall–Kier alpha value is -2.58. The maximum atomic E-state index is 2.59. The second kappa shape index (κ2) is 7.10. The number of nitrogens with zero attached hydrogens (tertiary/aromatic N) is 2. The van der Waals surface area contributed by atoms with Crippen LogP contribution in [-0.2, 0) is 6.54 Å². The smallest absolute Gasteiger partial charge is 0.0541 e. The van der Waals surface area contributed by atoms with Gasteiger partial charge >= 0.3 is 0 Å². The molecule has 2 heteroatoms. The minimum atomic E-state index is 0.519. The standard InChI is InChI=1S/C26H28N2/c1-19(2)21-15-20(18-27-13-7-8-14-27)16-22(17-21)28-25-11-5-3-9-23(25)24-10-4-6-12-26(24)28/h3-6,9-12,15-17,19H,7-8,13-14,18H2,1-2H3. The lowest BCUT2D eigenvalue weighted by Gasteiger charge is -2.19. The van der Waals surface area contributed by atoms with Crippen molar-refractivity contribution in [2.24, 2.45) is 0 Å². The number of benzene rings is 3. The zero-order valence-corrected chi connectivity index (χ0v) is 16.9. The summed E-state index contributed by atoms with van der Waals surface area (Å²) in [5.41, 5.74) is 6.73. The summed E-state index contributed by atoms with van der Waals surface area (Å²) in [6.07, 6.45) is 2.67. The highest BCUT2D eigenvalue weighted by Crippen LogP contribution is 2.33. The molecule has 142 valence electrons. The van der Waals surface area contributed by atoms with Gasteiger partial charge in [-0.15, -0.1) is 0 Å². The average molecular weight is 369 g/mol. The highest BCUT2D eigenvalue weighted by molar-refractivity contribution is 6.09. The second-order valence-corrected chi connectivity index (χ2v) is 8.44. The van der Waals surface area contributed by atoms with E-state index in [0.717, 1.165) is 6.54 Å². The van der Waals surface area contributed by atoms with Crippen LogP contribution in [0.5, 0.6) is 0 Å². The molecule has 0 aliphatic carbocycles. The lowest BCUT2D eigenvalue weighted by atomic mass is 9.99. The van der Waals surface area contributed by atoms with E-state index >= 15 is 0 Å². The van der Waals surface area contributed by atoms with Gasteiger partial charge in [-0.05, 0) is 67.2 Å². The van der Waals surface area contributed by atoms with Crippen LogP contribution in [0.1, 0.15) is 43.7 Å². The van der Waals surface area contributed by atoms with Gasteiger partial charge in [0.25, 0.3) is 0 Å². The summed E-state index contributed by atoms with van der Waals surface area (Å²) in [5.74, 6) is 0.519. The molecule has 0 bridgehead atoms. The zero-order chi connectivity index (χ0) is 19.1. The van der Waals surface area contributed by atoms with Crippen molar-refractivity contribution < 1.29 is 0 Å². The van der Waals surface area contributed by atoms with E-state index < -0.39 is 0 Å². The van der Waals surface area contributed by atoms with Gasteiger partial charge in [0.2, 0.25) is 0 Å². The summed E-state index contributed by atoms with van der Waals surface area (Å²) in [5, 5.41) is 2.66. The van der Waals surface area contributed by atoms with Crippen LogP contribution in [-0.4, -0.2) is 22.6 Å². The topological polar surface area (TPSA) is 8.17 Å². The normalized spacial score (nSPS) is 15.2. The summed E-state index contributed by atoms with van der Waals surface area (Å²) in [7, 11) is 0. The molecule has 5 rings (SSSR count). The van der Waals surface area contributed by atoms with Gasteiger partial charge in [-0.3, -0.25) is 4.90 Å². The van der Waals surface area contributed by atoms with Crippen molar-refractivity contribution >= 4 is 21.8 Å². The largest absolute Gasteiger partial charge is 0.309 e. The van der Waals surface area contributed by atoms with Gasteiger partial charge in [0.15, 0.2) is 0 Å².